The van der Waals surface area contributed by atoms with E-state index in [0.717, 1.165) is 0 Å². The topological polar surface area (TPSA) is 168 Å². The summed E-state index contributed by atoms with van der Waals surface area (Å²) in [4.78, 5) is 75.9. The normalized spacial score (nSPS) is 28.7. The van der Waals surface area contributed by atoms with Crippen LogP contribution in [0.25, 0.3) is 0 Å². The predicted octanol–water partition coefficient (Wildman–Crippen LogP) is 0.601. The minimum atomic E-state index is -3.54. The molecule has 14 heteroatoms. The summed E-state index contributed by atoms with van der Waals surface area (Å²) < 4.78 is -0.771. The molecular weight excluding hydrogens is 485 g/mol. The molecule has 0 bridgehead atoms. The van der Waals surface area contributed by atoms with Crippen molar-refractivity contribution in [3.8, 4) is 0 Å². The number of benzene rings is 1. The van der Waals surface area contributed by atoms with Crippen molar-refractivity contribution in [2.24, 2.45) is 0 Å². The average molecular weight is 511 g/mol. The molecule has 0 spiro atoms. The van der Waals surface area contributed by atoms with Gasteiger partial charge in [0.1, 0.15) is 0 Å². The summed E-state index contributed by atoms with van der Waals surface area (Å²) >= 11 is 1.26. The quantitative estimate of drug-likeness (QED) is 0.273. The van der Waals surface area contributed by atoms with Gasteiger partial charge >= 0.3 is 200 Å². The Morgan fingerprint density at radius 3 is 2.29 bits per heavy atom. The van der Waals surface area contributed by atoms with E-state index >= 15 is 0 Å². The van der Waals surface area contributed by atoms with Gasteiger partial charge in [-0.05, 0) is 0 Å². The van der Waals surface area contributed by atoms with Crippen LogP contribution >= 0.6 is 19.6 Å². The SMILES string of the molecule is CC[PH]1(O)NC(=O)N(C(C(=O)N[C@@H]2C(=O)N3[C@@H]2SC(C)(C)[C@@H]3C(=O)O)c2ccccc2)C(=O)N1. The number of amides is 6. The number of carboxylic acids is 1. The third kappa shape index (κ3) is 3.87. The summed E-state index contributed by atoms with van der Waals surface area (Å²) in [6.07, 6.45) is 0.131. The maximum atomic E-state index is 13.4. The van der Waals surface area contributed by atoms with Crippen LogP contribution < -0.4 is 15.5 Å². The van der Waals surface area contributed by atoms with Gasteiger partial charge in [0.2, 0.25) is 0 Å². The van der Waals surface area contributed by atoms with Gasteiger partial charge < -0.3 is 0 Å². The number of carbonyl (C=O) groups is 5. The van der Waals surface area contributed by atoms with Crippen LogP contribution in [0.1, 0.15) is 32.4 Å². The molecule has 3 fully saturated rings. The second kappa shape index (κ2) is 8.40. The second-order valence-corrected chi connectivity index (χ2v) is 13.5. The van der Waals surface area contributed by atoms with Crippen LogP contribution in [-0.2, 0) is 14.4 Å². The molecule has 34 heavy (non-hydrogen) atoms. The van der Waals surface area contributed by atoms with Crippen LogP contribution in [0.15, 0.2) is 30.3 Å². The summed E-state index contributed by atoms with van der Waals surface area (Å²) in [6.45, 7) is 5.05. The molecule has 0 aromatic heterocycles. The minimum absolute atomic E-state index is 0.131. The van der Waals surface area contributed by atoms with E-state index in [-0.39, 0.29) is 6.16 Å². The second-order valence-electron chi connectivity index (χ2n) is 8.84. The summed E-state index contributed by atoms with van der Waals surface area (Å²) in [5, 5.41) is 16.4. The predicted molar refractivity (Wildman–Crippen MR) is 125 cm³/mol. The fraction of sp³-hybridized carbons (Fsp3) is 0.450. The molecule has 12 nitrogen and oxygen atoms in total. The molecule has 4 rings (SSSR count). The molecule has 3 aliphatic heterocycles. The first-order chi connectivity index (χ1) is 15.9. The van der Waals surface area contributed by atoms with E-state index in [0.29, 0.717) is 10.5 Å². The average Bonchev–Trinajstić information content (AvgIpc) is 3.03. The van der Waals surface area contributed by atoms with Gasteiger partial charge in [-0.2, -0.15) is 0 Å². The number of carbonyl (C=O) groups excluding carboxylic acids is 4. The molecule has 0 aliphatic carbocycles. The van der Waals surface area contributed by atoms with E-state index < -0.39 is 65.9 Å². The Bertz CT molecular complexity index is 1050. The van der Waals surface area contributed by atoms with Gasteiger partial charge in [0.05, 0.1) is 0 Å². The molecule has 1 aromatic rings. The summed E-state index contributed by atoms with van der Waals surface area (Å²) in [6, 6.07) is 2.78. The third-order valence-electron chi connectivity index (χ3n) is 6.17. The van der Waals surface area contributed by atoms with Crippen LogP contribution in [0.4, 0.5) is 9.59 Å². The standard InChI is InChI=1S/C20H26N5O7PS/c1-4-33(32)22-18(30)24(19(31)23-33)12(10-8-6-5-7-9-10)14(26)21-11-15(27)25-13(17(28)29)20(2,3)34-16(11)25/h5-9,11-13,16,32-33H,4H2,1-3H3,(H,21,26)(H,22,30)(H,23,31)(H,28,29)/t11-,12?,13+,16-/m1/s1. The molecule has 3 aliphatic rings. The number of imide groups is 1. The zero-order valence-electron chi connectivity index (χ0n) is 18.6. The fourth-order valence-electron chi connectivity index (χ4n) is 4.44. The Kier molecular flexibility index (Phi) is 5.99. The summed E-state index contributed by atoms with van der Waals surface area (Å²) in [5.74, 6) is -2.46. The van der Waals surface area contributed by atoms with E-state index in [1.807, 2.05) is 0 Å². The molecule has 184 valence electrons. The number of fused-ring (bicyclic) bond motifs is 1. The first-order valence-electron chi connectivity index (χ1n) is 10.6. The van der Waals surface area contributed by atoms with E-state index in [1.54, 1.807) is 51.1 Å². The first kappa shape index (κ1) is 24.2. The molecule has 6 amide bonds. The van der Waals surface area contributed by atoms with E-state index in [2.05, 4.69) is 15.5 Å². The molecular formula is C20H26N5O7PS. The van der Waals surface area contributed by atoms with Gasteiger partial charge in [-0.25, -0.2) is 0 Å². The van der Waals surface area contributed by atoms with Crippen LogP contribution in [0.5, 0.6) is 0 Å². The van der Waals surface area contributed by atoms with Crippen molar-refractivity contribution in [2.45, 2.75) is 49.0 Å². The van der Waals surface area contributed by atoms with Gasteiger partial charge in [0.15, 0.2) is 0 Å². The van der Waals surface area contributed by atoms with Gasteiger partial charge in [-0.15, -0.1) is 0 Å². The molecule has 1 unspecified atom stereocenters. The Morgan fingerprint density at radius 1 is 1.18 bits per heavy atom. The molecule has 3 saturated heterocycles. The van der Waals surface area contributed by atoms with Crippen LogP contribution in [0.3, 0.4) is 0 Å². The van der Waals surface area contributed by atoms with Gasteiger partial charge in [-0.1, -0.05) is 0 Å². The number of nitrogens with zero attached hydrogens (tertiary/aromatic N) is 2. The maximum absolute atomic E-state index is 13.4. The number of hydrogen-bond acceptors (Lipinski definition) is 7. The summed E-state index contributed by atoms with van der Waals surface area (Å²) in [7, 11) is -3.54. The van der Waals surface area contributed by atoms with Gasteiger partial charge in [0.25, 0.3) is 0 Å². The number of nitrogens with one attached hydrogen (secondary N) is 3. The van der Waals surface area contributed by atoms with E-state index in [9.17, 15) is 34.0 Å². The Hall–Kier alpha value is -2.89. The van der Waals surface area contributed by atoms with Crippen molar-refractivity contribution in [3.63, 3.8) is 0 Å². The van der Waals surface area contributed by atoms with Crippen molar-refractivity contribution in [1.82, 2.24) is 25.3 Å². The van der Waals surface area contributed by atoms with Crippen LogP contribution in [0, 0.1) is 0 Å². The molecule has 3 heterocycles. The number of carboxylic acid groups (broad SMARTS) is 1. The van der Waals surface area contributed by atoms with E-state index in [1.165, 1.54) is 16.7 Å². The molecule has 1 aromatic carbocycles. The van der Waals surface area contributed by atoms with Crippen LogP contribution in [0.2, 0.25) is 0 Å². The van der Waals surface area contributed by atoms with Crippen molar-refractivity contribution < 1.29 is 34.0 Å². The number of urea groups is 2. The molecule has 4 atom stereocenters. The van der Waals surface area contributed by atoms with Crippen molar-refractivity contribution >= 4 is 49.4 Å². The third-order valence-corrected chi connectivity index (χ3v) is 10.0. The zero-order valence-corrected chi connectivity index (χ0v) is 20.5. The Balaban J connectivity index is 1.60. The van der Waals surface area contributed by atoms with Gasteiger partial charge in [-0.3, -0.25) is 0 Å². The Morgan fingerprint density at radius 2 is 1.76 bits per heavy atom. The Labute approximate surface area is 199 Å². The number of β-lactam (4-membered cyclic amide) rings is 1. The van der Waals surface area contributed by atoms with Crippen molar-refractivity contribution in [1.29, 1.82) is 0 Å². The monoisotopic (exact) mass is 511 g/mol. The fourth-order valence-corrected chi connectivity index (χ4v) is 7.43. The van der Waals surface area contributed by atoms with Crippen LogP contribution in [-0.4, -0.2) is 78.0 Å². The van der Waals surface area contributed by atoms with E-state index in [4.69, 9.17) is 0 Å². The summed E-state index contributed by atoms with van der Waals surface area (Å²) in [5.41, 5.74) is 0.320. The van der Waals surface area contributed by atoms with Gasteiger partial charge in [0, 0.05) is 0 Å². The molecule has 5 N–H and O–H groups in total. The zero-order chi connectivity index (χ0) is 25.0. The number of aliphatic carboxylic acids is 1. The number of rotatable bonds is 6. The number of hydrogen-bond donors (Lipinski definition) is 5. The molecule has 0 saturated carbocycles. The van der Waals surface area contributed by atoms with Crippen molar-refractivity contribution in [3.05, 3.63) is 35.9 Å². The first-order valence-corrected chi connectivity index (χ1v) is 13.7. The molecule has 0 radical (unpaired) electrons. The van der Waals surface area contributed by atoms with Crippen molar-refractivity contribution in [2.75, 3.05) is 6.16 Å². The number of thioether (sulfide) groups is 1.